The number of anilines is 2. The lowest BCUT2D eigenvalue weighted by Crippen LogP contribution is -2.46. The number of ether oxygens (including phenoxy) is 1. The van der Waals surface area contributed by atoms with Crippen molar-refractivity contribution in [1.29, 1.82) is 0 Å². The van der Waals surface area contributed by atoms with Gasteiger partial charge >= 0.3 is 0 Å². The Kier molecular flexibility index (Phi) is 11.0. The van der Waals surface area contributed by atoms with E-state index in [2.05, 4.69) is 20.4 Å². The number of halogens is 3. The minimum Gasteiger partial charge on any atom is -0.394 e. The van der Waals surface area contributed by atoms with Crippen LogP contribution < -0.4 is 10.6 Å². The molecule has 12 heteroatoms. The van der Waals surface area contributed by atoms with Crippen LogP contribution in [-0.2, 0) is 11.3 Å². The van der Waals surface area contributed by atoms with Crippen LogP contribution >= 0.6 is 46.1 Å². The van der Waals surface area contributed by atoms with Gasteiger partial charge in [-0.15, -0.1) is 11.3 Å². The second kappa shape index (κ2) is 14.4. The predicted molar refractivity (Wildman–Crippen MR) is 158 cm³/mol. The van der Waals surface area contributed by atoms with Crippen LogP contribution in [0.25, 0.3) is 0 Å². The zero-order valence-electron chi connectivity index (χ0n) is 21.1. The number of thiophene rings is 1. The number of hydrogen-bond acceptors (Lipinski definition) is 7. The Bertz CT molecular complexity index is 1280. The van der Waals surface area contributed by atoms with E-state index in [1.165, 1.54) is 17.4 Å². The first-order valence-corrected chi connectivity index (χ1v) is 14.4. The summed E-state index contributed by atoms with van der Waals surface area (Å²) in [6.45, 7) is 6.07. The van der Waals surface area contributed by atoms with Gasteiger partial charge in [0.15, 0.2) is 0 Å². The Hall–Kier alpha value is -2.21. The number of carbonyl (C=O) groups is 2. The third kappa shape index (κ3) is 8.39. The van der Waals surface area contributed by atoms with Gasteiger partial charge in [-0.1, -0.05) is 34.8 Å². The van der Waals surface area contributed by atoms with E-state index in [0.717, 1.165) is 38.3 Å². The highest BCUT2D eigenvalue weighted by Gasteiger charge is 2.23. The van der Waals surface area contributed by atoms with Crippen LogP contribution in [0, 0.1) is 0 Å². The Morgan fingerprint density at radius 2 is 1.59 bits per heavy atom. The number of hydrogen-bond donors (Lipinski definition) is 3. The molecule has 0 aliphatic carbocycles. The fourth-order valence-corrected chi connectivity index (χ4v) is 5.68. The summed E-state index contributed by atoms with van der Waals surface area (Å²) in [5.41, 5.74) is 1.99. The molecule has 208 valence electrons. The van der Waals surface area contributed by atoms with Gasteiger partial charge in [0.1, 0.15) is 4.88 Å². The average molecular weight is 612 g/mol. The SMILES string of the molecule is O=C(Nc1ccc(Cl)cc1)c1cc(Cl)ccc1NC(=O)c1scc(CN2CCN(CCOCCO)CC2)c1Cl. The Balaban J connectivity index is 1.36. The van der Waals surface area contributed by atoms with Gasteiger partial charge in [-0.2, -0.15) is 0 Å². The van der Waals surface area contributed by atoms with Crippen LogP contribution in [0.2, 0.25) is 15.1 Å². The second-order valence-corrected chi connectivity index (χ2v) is 11.1. The van der Waals surface area contributed by atoms with E-state index >= 15 is 0 Å². The van der Waals surface area contributed by atoms with E-state index in [4.69, 9.17) is 44.6 Å². The van der Waals surface area contributed by atoms with Crippen molar-refractivity contribution in [2.24, 2.45) is 0 Å². The highest BCUT2D eigenvalue weighted by molar-refractivity contribution is 7.13. The smallest absolute Gasteiger partial charge is 0.267 e. The van der Waals surface area contributed by atoms with E-state index in [1.54, 1.807) is 36.4 Å². The Labute approximate surface area is 246 Å². The summed E-state index contributed by atoms with van der Waals surface area (Å²) in [6.07, 6.45) is 0. The Morgan fingerprint density at radius 1 is 0.897 bits per heavy atom. The summed E-state index contributed by atoms with van der Waals surface area (Å²) in [7, 11) is 0. The monoisotopic (exact) mass is 610 g/mol. The summed E-state index contributed by atoms with van der Waals surface area (Å²) in [5.74, 6) is -0.820. The van der Waals surface area contributed by atoms with Crippen molar-refractivity contribution < 1.29 is 19.4 Å². The fraction of sp³-hybridized carbons (Fsp3) is 0.333. The van der Waals surface area contributed by atoms with Gasteiger partial charge < -0.3 is 20.5 Å². The van der Waals surface area contributed by atoms with Crippen LogP contribution in [0.1, 0.15) is 25.6 Å². The van der Waals surface area contributed by atoms with Crippen LogP contribution in [0.5, 0.6) is 0 Å². The van der Waals surface area contributed by atoms with Crippen molar-refractivity contribution in [3.05, 3.63) is 78.9 Å². The molecule has 1 fully saturated rings. The molecule has 2 heterocycles. The topological polar surface area (TPSA) is 94.1 Å². The number of aliphatic hydroxyl groups excluding tert-OH is 1. The number of amides is 2. The first kappa shape index (κ1) is 29.8. The fourth-order valence-electron chi connectivity index (χ4n) is 4.14. The van der Waals surface area contributed by atoms with Crippen LogP contribution in [0.4, 0.5) is 11.4 Å². The van der Waals surface area contributed by atoms with E-state index in [0.29, 0.717) is 51.1 Å². The first-order chi connectivity index (χ1) is 18.8. The minimum absolute atomic E-state index is 0.0374. The summed E-state index contributed by atoms with van der Waals surface area (Å²) >= 11 is 20.0. The summed E-state index contributed by atoms with van der Waals surface area (Å²) in [6, 6.07) is 11.4. The number of nitrogens with zero attached hydrogens (tertiary/aromatic N) is 2. The maximum absolute atomic E-state index is 13.2. The van der Waals surface area contributed by atoms with Gasteiger partial charge in [0.25, 0.3) is 11.8 Å². The average Bonchev–Trinajstić information content (AvgIpc) is 3.29. The van der Waals surface area contributed by atoms with E-state index in [1.807, 2.05) is 5.38 Å². The number of piperazine rings is 1. The van der Waals surface area contributed by atoms with Gasteiger partial charge in [0.05, 0.1) is 36.1 Å². The summed E-state index contributed by atoms with van der Waals surface area (Å²) in [4.78, 5) is 31.2. The number of aliphatic hydroxyl groups is 1. The molecule has 1 aliphatic rings. The van der Waals surface area contributed by atoms with E-state index < -0.39 is 11.8 Å². The predicted octanol–water partition coefficient (Wildman–Crippen LogP) is 5.34. The Morgan fingerprint density at radius 3 is 2.31 bits per heavy atom. The maximum Gasteiger partial charge on any atom is 0.267 e. The lowest BCUT2D eigenvalue weighted by Gasteiger charge is -2.34. The molecule has 4 rings (SSSR count). The van der Waals surface area contributed by atoms with Crippen molar-refractivity contribution in [3.8, 4) is 0 Å². The molecular weight excluding hydrogens is 583 g/mol. The van der Waals surface area contributed by atoms with Gasteiger partial charge in [-0.05, 0) is 53.4 Å². The zero-order chi connectivity index (χ0) is 27.8. The van der Waals surface area contributed by atoms with Crippen LogP contribution in [0.3, 0.4) is 0 Å². The largest absolute Gasteiger partial charge is 0.394 e. The third-order valence-electron chi connectivity index (χ3n) is 6.23. The lowest BCUT2D eigenvalue weighted by atomic mass is 10.1. The molecule has 0 spiro atoms. The summed E-state index contributed by atoms with van der Waals surface area (Å²) < 4.78 is 5.36. The van der Waals surface area contributed by atoms with Gasteiger partial charge in [-0.3, -0.25) is 19.4 Å². The van der Waals surface area contributed by atoms with Crippen molar-refractivity contribution in [2.45, 2.75) is 6.54 Å². The van der Waals surface area contributed by atoms with Gasteiger partial charge in [0.2, 0.25) is 0 Å². The molecule has 8 nitrogen and oxygen atoms in total. The molecule has 0 bridgehead atoms. The second-order valence-electron chi connectivity index (χ2n) is 8.96. The van der Waals surface area contributed by atoms with Crippen LogP contribution in [-0.4, -0.2) is 79.3 Å². The molecular formula is C27H29Cl3N4O4S. The molecule has 0 atom stereocenters. The van der Waals surface area contributed by atoms with Crippen molar-refractivity contribution >= 4 is 69.3 Å². The zero-order valence-corrected chi connectivity index (χ0v) is 24.2. The summed E-state index contributed by atoms with van der Waals surface area (Å²) in [5, 5.41) is 17.7. The quantitative estimate of drug-likeness (QED) is 0.254. The molecule has 3 N–H and O–H groups in total. The molecule has 1 saturated heterocycles. The first-order valence-electron chi connectivity index (χ1n) is 12.4. The molecule has 0 saturated carbocycles. The number of rotatable bonds is 11. The van der Waals surface area contributed by atoms with Crippen molar-refractivity contribution in [2.75, 3.05) is 63.2 Å². The molecule has 2 aromatic carbocycles. The van der Waals surface area contributed by atoms with Gasteiger partial charge in [0, 0.05) is 55.0 Å². The van der Waals surface area contributed by atoms with Crippen molar-refractivity contribution in [3.63, 3.8) is 0 Å². The molecule has 0 radical (unpaired) electrons. The third-order valence-corrected chi connectivity index (χ3v) is 8.29. The van der Waals surface area contributed by atoms with E-state index in [-0.39, 0.29) is 12.2 Å². The molecule has 1 aliphatic heterocycles. The van der Waals surface area contributed by atoms with Crippen molar-refractivity contribution in [1.82, 2.24) is 9.80 Å². The molecule has 39 heavy (non-hydrogen) atoms. The molecule has 0 unspecified atom stereocenters. The molecule has 1 aromatic heterocycles. The minimum atomic E-state index is -0.424. The lowest BCUT2D eigenvalue weighted by molar-refractivity contribution is 0.0564. The number of benzene rings is 2. The standard InChI is InChI=1S/C27H29Cl3N4O4S/c28-19-1-4-21(5-2-19)31-26(36)22-15-20(29)3-6-23(22)32-27(37)25-24(30)18(17-39-25)16-34-9-7-33(8-10-34)11-13-38-14-12-35/h1-6,15,17,35H,7-14,16H2,(H,31,36)(H,32,37). The number of carbonyl (C=O) groups excluding carboxylic acids is 2. The molecule has 3 aromatic rings. The maximum atomic E-state index is 13.2. The number of nitrogens with one attached hydrogen (secondary N) is 2. The van der Waals surface area contributed by atoms with E-state index in [9.17, 15) is 9.59 Å². The normalized spacial score (nSPS) is 14.4. The van der Waals surface area contributed by atoms with Gasteiger partial charge in [-0.25, -0.2) is 0 Å². The molecule has 2 amide bonds. The highest BCUT2D eigenvalue weighted by Crippen LogP contribution is 2.31. The highest BCUT2D eigenvalue weighted by atomic mass is 35.5. The van der Waals surface area contributed by atoms with Crippen LogP contribution in [0.15, 0.2) is 47.8 Å².